The number of halogens is 3. The predicted octanol–water partition coefficient (Wildman–Crippen LogP) is 3.08. The van der Waals surface area contributed by atoms with Crippen LogP contribution < -0.4 is 5.32 Å². The summed E-state index contributed by atoms with van der Waals surface area (Å²) in [5, 5.41) is 12.1. The van der Waals surface area contributed by atoms with Gasteiger partial charge in [0, 0.05) is 13.0 Å². The van der Waals surface area contributed by atoms with Crippen LogP contribution in [0.25, 0.3) is 0 Å². The van der Waals surface area contributed by atoms with Crippen LogP contribution in [0.4, 0.5) is 18.2 Å². The van der Waals surface area contributed by atoms with Gasteiger partial charge < -0.3 is 5.32 Å². The van der Waals surface area contributed by atoms with Crippen LogP contribution >= 0.6 is 11.5 Å². The van der Waals surface area contributed by atoms with Crippen molar-refractivity contribution in [3.05, 3.63) is 11.3 Å². The Hall–Kier alpha value is -1.29. The van der Waals surface area contributed by atoms with E-state index < -0.39 is 12.6 Å². The minimum Gasteiger partial charge on any atom is -0.375 e. The summed E-state index contributed by atoms with van der Waals surface area (Å²) in [4.78, 5) is 0. The number of aryl methyl sites for hydroxylation is 1. The summed E-state index contributed by atoms with van der Waals surface area (Å²) in [6.07, 6.45) is -4.95. The Labute approximate surface area is 95.1 Å². The van der Waals surface area contributed by atoms with Crippen molar-refractivity contribution in [1.29, 1.82) is 5.26 Å². The van der Waals surface area contributed by atoms with Gasteiger partial charge >= 0.3 is 6.18 Å². The molecule has 16 heavy (non-hydrogen) atoms. The van der Waals surface area contributed by atoms with Crippen molar-refractivity contribution in [3.63, 3.8) is 0 Å². The molecule has 88 valence electrons. The molecule has 0 aliphatic rings. The molecular formula is C9H10F3N3S. The van der Waals surface area contributed by atoms with Gasteiger partial charge in [0.2, 0.25) is 0 Å². The van der Waals surface area contributed by atoms with Gasteiger partial charge in [0.05, 0.1) is 5.69 Å². The molecule has 0 unspecified atom stereocenters. The summed E-state index contributed by atoms with van der Waals surface area (Å²) in [7, 11) is 0. The lowest BCUT2D eigenvalue weighted by Gasteiger charge is -2.06. The third kappa shape index (κ3) is 3.70. The molecule has 1 N–H and O–H groups in total. The lowest BCUT2D eigenvalue weighted by atomic mass is 10.2. The van der Waals surface area contributed by atoms with Gasteiger partial charge in [0.25, 0.3) is 0 Å². The van der Waals surface area contributed by atoms with E-state index in [4.69, 9.17) is 5.26 Å². The molecule has 0 aliphatic heterocycles. The molecule has 0 saturated carbocycles. The van der Waals surface area contributed by atoms with Gasteiger partial charge in [-0.3, -0.25) is 0 Å². The lowest BCUT2D eigenvalue weighted by Crippen LogP contribution is -2.10. The summed E-state index contributed by atoms with van der Waals surface area (Å²) in [6.45, 7) is 1.88. The number of alkyl halides is 3. The number of aromatic nitrogens is 1. The highest BCUT2D eigenvalue weighted by atomic mass is 32.1. The minimum absolute atomic E-state index is 0.00861. The van der Waals surface area contributed by atoms with E-state index in [1.807, 2.05) is 6.07 Å². The molecule has 0 aliphatic carbocycles. The van der Waals surface area contributed by atoms with Gasteiger partial charge in [-0.05, 0) is 24.9 Å². The molecule has 1 aromatic rings. The molecule has 3 nitrogen and oxygen atoms in total. The Balaban J connectivity index is 2.41. The lowest BCUT2D eigenvalue weighted by molar-refractivity contribution is -0.134. The quantitative estimate of drug-likeness (QED) is 0.834. The number of hydrogen-bond acceptors (Lipinski definition) is 4. The van der Waals surface area contributed by atoms with E-state index in [2.05, 4.69) is 9.69 Å². The van der Waals surface area contributed by atoms with Crippen LogP contribution in [0.2, 0.25) is 0 Å². The first-order chi connectivity index (χ1) is 7.44. The Morgan fingerprint density at radius 1 is 1.50 bits per heavy atom. The minimum atomic E-state index is -4.12. The highest BCUT2D eigenvalue weighted by Gasteiger charge is 2.25. The third-order valence-electron chi connectivity index (χ3n) is 1.90. The summed E-state index contributed by atoms with van der Waals surface area (Å²) in [5.74, 6) is 0. The van der Waals surface area contributed by atoms with Crippen LogP contribution in [0.5, 0.6) is 0 Å². The van der Waals surface area contributed by atoms with Crippen molar-refractivity contribution in [1.82, 2.24) is 4.37 Å². The van der Waals surface area contributed by atoms with Crippen LogP contribution in [0.15, 0.2) is 0 Å². The van der Waals surface area contributed by atoms with Crippen LogP contribution in [0, 0.1) is 18.3 Å². The number of rotatable bonds is 4. The summed E-state index contributed by atoms with van der Waals surface area (Å²) in [6, 6.07) is 1.96. The predicted molar refractivity (Wildman–Crippen MR) is 55.3 cm³/mol. The molecule has 0 fully saturated rings. The van der Waals surface area contributed by atoms with Gasteiger partial charge in [-0.15, -0.1) is 0 Å². The van der Waals surface area contributed by atoms with Crippen molar-refractivity contribution in [2.75, 3.05) is 11.9 Å². The second-order valence-corrected chi connectivity index (χ2v) is 4.00. The molecule has 0 bridgehead atoms. The van der Waals surface area contributed by atoms with Crippen LogP contribution in [0.1, 0.15) is 24.1 Å². The maximum atomic E-state index is 11.8. The van der Waals surface area contributed by atoms with Crippen molar-refractivity contribution in [2.24, 2.45) is 0 Å². The zero-order valence-electron chi connectivity index (χ0n) is 8.56. The average Bonchev–Trinajstić information content (AvgIpc) is 2.52. The number of nitrogens with one attached hydrogen (secondary N) is 1. The Kier molecular flexibility index (Phi) is 4.12. The Bertz CT molecular complexity index is 392. The fourth-order valence-corrected chi connectivity index (χ4v) is 1.88. The molecule has 0 radical (unpaired) electrons. The second kappa shape index (κ2) is 5.16. The van der Waals surface area contributed by atoms with Gasteiger partial charge in [0.15, 0.2) is 0 Å². The van der Waals surface area contributed by atoms with Crippen molar-refractivity contribution < 1.29 is 13.2 Å². The molecule has 0 spiro atoms. The van der Waals surface area contributed by atoms with E-state index in [1.54, 1.807) is 6.92 Å². The average molecular weight is 249 g/mol. The van der Waals surface area contributed by atoms with Crippen LogP contribution in [0.3, 0.4) is 0 Å². The fourth-order valence-electron chi connectivity index (χ4n) is 1.11. The molecule has 7 heteroatoms. The maximum Gasteiger partial charge on any atom is 0.389 e. The van der Waals surface area contributed by atoms with E-state index >= 15 is 0 Å². The first-order valence-electron chi connectivity index (χ1n) is 4.61. The monoisotopic (exact) mass is 249 g/mol. The summed E-state index contributed by atoms with van der Waals surface area (Å²) < 4.78 is 39.5. The topological polar surface area (TPSA) is 48.7 Å². The smallest absolute Gasteiger partial charge is 0.375 e. The Morgan fingerprint density at radius 2 is 2.19 bits per heavy atom. The SMILES string of the molecule is Cc1nsc(NCCCC(F)(F)F)c1C#N. The number of hydrogen-bond donors (Lipinski definition) is 1. The van der Waals surface area contributed by atoms with Gasteiger partial charge in [-0.2, -0.15) is 22.8 Å². The summed E-state index contributed by atoms with van der Waals surface area (Å²) >= 11 is 1.09. The van der Waals surface area contributed by atoms with E-state index in [0.717, 1.165) is 11.5 Å². The molecule has 0 amide bonds. The molecule has 0 aromatic carbocycles. The number of nitriles is 1. The van der Waals surface area contributed by atoms with Crippen LogP contribution in [-0.2, 0) is 0 Å². The van der Waals surface area contributed by atoms with E-state index in [-0.39, 0.29) is 13.0 Å². The molecule has 1 rings (SSSR count). The van der Waals surface area contributed by atoms with Crippen molar-refractivity contribution in [2.45, 2.75) is 25.9 Å². The van der Waals surface area contributed by atoms with E-state index in [9.17, 15) is 13.2 Å². The van der Waals surface area contributed by atoms with E-state index in [0.29, 0.717) is 16.3 Å². The zero-order valence-corrected chi connectivity index (χ0v) is 9.37. The Morgan fingerprint density at radius 3 is 2.75 bits per heavy atom. The second-order valence-electron chi connectivity index (χ2n) is 3.23. The molecule has 0 saturated heterocycles. The van der Waals surface area contributed by atoms with Gasteiger partial charge in [-0.1, -0.05) is 0 Å². The molecule has 0 atom stereocenters. The highest BCUT2D eigenvalue weighted by molar-refractivity contribution is 7.10. The van der Waals surface area contributed by atoms with E-state index in [1.165, 1.54) is 0 Å². The molecule has 1 aromatic heterocycles. The normalized spacial score (nSPS) is 11.2. The first-order valence-corrected chi connectivity index (χ1v) is 5.38. The standard InChI is InChI=1S/C9H10F3N3S/c1-6-7(5-13)8(16-15-6)14-4-2-3-9(10,11)12/h14H,2-4H2,1H3. The first kappa shape index (κ1) is 12.8. The zero-order chi connectivity index (χ0) is 12.2. The third-order valence-corrected chi connectivity index (χ3v) is 2.79. The van der Waals surface area contributed by atoms with Crippen molar-refractivity contribution >= 4 is 16.5 Å². The fraction of sp³-hybridized carbons (Fsp3) is 0.556. The number of anilines is 1. The maximum absolute atomic E-state index is 11.8. The highest BCUT2D eigenvalue weighted by Crippen LogP contribution is 2.24. The largest absolute Gasteiger partial charge is 0.389 e. The van der Waals surface area contributed by atoms with Gasteiger partial charge in [-0.25, -0.2) is 0 Å². The van der Waals surface area contributed by atoms with Crippen LogP contribution in [-0.4, -0.2) is 17.1 Å². The molecular weight excluding hydrogens is 239 g/mol. The van der Waals surface area contributed by atoms with Crippen molar-refractivity contribution in [3.8, 4) is 6.07 Å². The summed E-state index contributed by atoms with van der Waals surface area (Å²) in [5.41, 5.74) is 1.02. The molecule has 1 heterocycles. The number of nitrogens with zero attached hydrogens (tertiary/aromatic N) is 2. The van der Waals surface area contributed by atoms with Gasteiger partial charge in [0.1, 0.15) is 16.6 Å².